The Labute approximate surface area is 169 Å². The number of rotatable bonds is 4. The molecule has 2 aromatic rings. The van der Waals surface area contributed by atoms with Crippen molar-refractivity contribution in [2.24, 2.45) is 0 Å². The van der Waals surface area contributed by atoms with Crippen molar-refractivity contribution in [2.45, 2.75) is 25.1 Å². The molecule has 0 aromatic heterocycles. The number of amides is 3. The van der Waals surface area contributed by atoms with Gasteiger partial charge in [0.05, 0.1) is 35.0 Å². The second-order valence-corrected chi connectivity index (χ2v) is 7.11. The van der Waals surface area contributed by atoms with Crippen LogP contribution in [0.25, 0.3) is 0 Å². The third-order valence-electron chi connectivity index (χ3n) is 5.12. The molecule has 0 bridgehead atoms. The number of fused-ring (bicyclic) bond motifs is 1. The standard InChI is InChI=1S/C21H17F3N2O4/c22-21(23,24)16-5-1-2-6-17(16)25-18(27)12-7-8-14-15(10-12)20(29)26(19(14)28)11-13-4-3-9-30-13/h1-2,5-8,10,13H,3-4,9,11H2,(H,25,27). The Morgan fingerprint density at radius 2 is 1.83 bits per heavy atom. The largest absolute Gasteiger partial charge is 0.418 e. The van der Waals surface area contributed by atoms with Crippen molar-refractivity contribution in [3.05, 3.63) is 64.7 Å². The number of imide groups is 1. The Morgan fingerprint density at radius 1 is 1.10 bits per heavy atom. The van der Waals surface area contributed by atoms with Gasteiger partial charge in [0.2, 0.25) is 0 Å². The fourth-order valence-corrected chi connectivity index (χ4v) is 3.62. The zero-order chi connectivity index (χ0) is 21.5. The normalized spacial score (nSPS) is 18.6. The van der Waals surface area contributed by atoms with Crippen LogP contribution in [0.3, 0.4) is 0 Å². The first-order valence-corrected chi connectivity index (χ1v) is 9.35. The molecule has 2 heterocycles. The van der Waals surface area contributed by atoms with Crippen LogP contribution < -0.4 is 5.32 Å². The zero-order valence-electron chi connectivity index (χ0n) is 15.7. The van der Waals surface area contributed by atoms with E-state index in [4.69, 9.17) is 4.74 Å². The molecule has 2 aliphatic heterocycles. The summed E-state index contributed by atoms with van der Waals surface area (Å²) in [5.74, 6) is -1.83. The second-order valence-electron chi connectivity index (χ2n) is 7.11. The van der Waals surface area contributed by atoms with Crippen molar-refractivity contribution < 1.29 is 32.3 Å². The van der Waals surface area contributed by atoms with Crippen LogP contribution in [0.2, 0.25) is 0 Å². The van der Waals surface area contributed by atoms with Gasteiger partial charge < -0.3 is 10.1 Å². The van der Waals surface area contributed by atoms with Crippen LogP contribution in [0.15, 0.2) is 42.5 Å². The highest BCUT2D eigenvalue weighted by Crippen LogP contribution is 2.35. The van der Waals surface area contributed by atoms with Crippen molar-refractivity contribution in [2.75, 3.05) is 18.5 Å². The first-order valence-electron chi connectivity index (χ1n) is 9.35. The number of benzene rings is 2. The summed E-state index contributed by atoms with van der Waals surface area (Å²) in [4.78, 5) is 38.8. The summed E-state index contributed by atoms with van der Waals surface area (Å²) in [5, 5.41) is 2.23. The average Bonchev–Trinajstić information content (AvgIpc) is 3.30. The van der Waals surface area contributed by atoms with Crippen LogP contribution in [0.1, 0.15) is 49.5 Å². The number of ether oxygens (including phenoxy) is 1. The maximum atomic E-state index is 13.1. The van der Waals surface area contributed by atoms with E-state index in [1.165, 1.54) is 30.3 Å². The molecule has 1 saturated heterocycles. The predicted molar refractivity (Wildman–Crippen MR) is 100 cm³/mol. The molecule has 156 valence electrons. The number of hydrogen-bond acceptors (Lipinski definition) is 4. The number of para-hydroxylation sites is 1. The van der Waals surface area contributed by atoms with Crippen LogP contribution in [-0.2, 0) is 10.9 Å². The second kappa shape index (κ2) is 7.56. The van der Waals surface area contributed by atoms with Gasteiger partial charge in [0.15, 0.2) is 0 Å². The molecule has 1 unspecified atom stereocenters. The van der Waals surface area contributed by atoms with Crippen molar-refractivity contribution >= 4 is 23.4 Å². The lowest BCUT2D eigenvalue weighted by molar-refractivity contribution is -0.136. The third-order valence-corrected chi connectivity index (χ3v) is 5.12. The minimum atomic E-state index is -4.63. The highest BCUT2D eigenvalue weighted by Gasteiger charge is 2.38. The van der Waals surface area contributed by atoms with Gasteiger partial charge in [0.1, 0.15) is 0 Å². The SMILES string of the molecule is O=C(Nc1ccccc1C(F)(F)F)c1ccc2c(c1)C(=O)N(CC1CCCO1)C2=O. The summed E-state index contributed by atoms with van der Waals surface area (Å²) >= 11 is 0. The Hall–Kier alpha value is -3.20. The van der Waals surface area contributed by atoms with Gasteiger partial charge in [-0.1, -0.05) is 12.1 Å². The summed E-state index contributed by atoms with van der Waals surface area (Å²) in [6, 6.07) is 8.49. The van der Waals surface area contributed by atoms with E-state index in [1.54, 1.807) is 0 Å². The Morgan fingerprint density at radius 3 is 2.53 bits per heavy atom. The maximum absolute atomic E-state index is 13.1. The first kappa shape index (κ1) is 20.1. The molecule has 2 aliphatic rings. The average molecular weight is 418 g/mol. The van der Waals surface area contributed by atoms with Gasteiger partial charge in [0, 0.05) is 12.2 Å². The predicted octanol–water partition coefficient (Wildman–Crippen LogP) is 3.73. The topological polar surface area (TPSA) is 75.7 Å². The minimum absolute atomic E-state index is 0.0224. The van der Waals surface area contributed by atoms with Crippen LogP contribution in [0.4, 0.5) is 18.9 Å². The summed E-state index contributed by atoms with van der Waals surface area (Å²) in [6.45, 7) is 0.713. The highest BCUT2D eigenvalue weighted by atomic mass is 19.4. The number of carbonyl (C=O) groups excluding carboxylic acids is 3. The van der Waals surface area contributed by atoms with Crippen LogP contribution in [0, 0.1) is 0 Å². The molecule has 0 spiro atoms. The molecule has 1 fully saturated rings. The van der Waals surface area contributed by atoms with Crippen LogP contribution in [-0.4, -0.2) is 41.9 Å². The summed E-state index contributed by atoms with van der Waals surface area (Å²) in [5.41, 5.74) is -1.18. The van der Waals surface area contributed by atoms with Crippen LogP contribution >= 0.6 is 0 Å². The first-order chi connectivity index (χ1) is 14.3. The number of hydrogen-bond donors (Lipinski definition) is 1. The van der Waals surface area contributed by atoms with Crippen LogP contribution in [0.5, 0.6) is 0 Å². The van der Waals surface area contributed by atoms with Gasteiger partial charge >= 0.3 is 6.18 Å². The monoisotopic (exact) mass is 418 g/mol. The van der Waals surface area contributed by atoms with Crippen molar-refractivity contribution in [3.8, 4) is 0 Å². The fourth-order valence-electron chi connectivity index (χ4n) is 3.62. The van der Waals surface area contributed by atoms with E-state index in [1.807, 2.05) is 0 Å². The molecule has 3 amide bonds. The van der Waals surface area contributed by atoms with Gasteiger partial charge in [-0.3, -0.25) is 19.3 Å². The van der Waals surface area contributed by atoms with E-state index < -0.39 is 35.1 Å². The van der Waals surface area contributed by atoms with Gasteiger partial charge in [0.25, 0.3) is 17.7 Å². The molecule has 6 nitrogen and oxygen atoms in total. The quantitative estimate of drug-likeness (QED) is 0.768. The maximum Gasteiger partial charge on any atom is 0.418 e. The fraction of sp³-hybridized carbons (Fsp3) is 0.286. The Bertz CT molecular complexity index is 1030. The molecule has 4 rings (SSSR count). The number of carbonyl (C=O) groups is 3. The molecule has 2 aromatic carbocycles. The van der Waals surface area contributed by atoms with Crippen molar-refractivity contribution in [3.63, 3.8) is 0 Å². The van der Waals surface area contributed by atoms with Gasteiger partial charge in [-0.2, -0.15) is 13.2 Å². The minimum Gasteiger partial charge on any atom is -0.376 e. The van der Waals surface area contributed by atoms with Gasteiger partial charge in [-0.25, -0.2) is 0 Å². The van der Waals surface area contributed by atoms with E-state index in [-0.39, 0.29) is 29.3 Å². The third kappa shape index (κ3) is 3.68. The number of nitrogens with one attached hydrogen (secondary N) is 1. The molecule has 30 heavy (non-hydrogen) atoms. The smallest absolute Gasteiger partial charge is 0.376 e. The van der Waals surface area contributed by atoms with E-state index in [2.05, 4.69) is 5.32 Å². The van der Waals surface area contributed by atoms with E-state index in [0.29, 0.717) is 6.61 Å². The zero-order valence-corrected chi connectivity index (χ0v) is 15.7. The van der Waals surface area contributed by atoms with Gasteiger partial charge in [-0.05, 0) is 43.2 Å². The number of alkyl halides is 3. The van der Waals surface area contributed by atoms with Crippen molar-refractivity contribution in [1.29, 1.82) is 0 Å². The summed E-state index contributed by atoms with van der Waals surface area (Å²) in [6.07, 6.45) is -3.24. The van der Waals surface area contributed by atoms with Crippen molar-refractivity contribution in [1.82, 2.24) is 4.90 Å². The summed E-state index contributed by atoms with van der Waals surface area (Å²) < 4.78 is 44.9. The molecule has 0 radical (unpaired) electrons. The lowest BCUT2D eigenvalue weighted by Crippen LogP contribution is -2.36. The molecular formula is C21H17F3N2O4. The molecule has 1 atom stereocenters. The van der Waals surface area contributed by atoms with E-state index >= 15 is 0 Å². The highest BCUT2D eigenvalue weighted by molar-refractivity contribution is 6.22. The number of anilines is 1. The lowest BCUT2D eigenvalue weighted by atomic mass is 10.0. The Balaban J connectivity index is 1.56. The number of halogens is 3. The lowest BCUT2D eigenvalue weighted by Gasteiger charge is -2.17. The van der Waals surface area contributed by atoms with E-state index in [9.17, 15) is 27.6 Å². The molecule has 0 aliphatic carbocycles. The Kier molecular flexibility index (Phi) is 5.07. The molecule has 9 heteroatoms. The van der Waals surface area contributed by atoms with E-state index in [0.717, 1.165) is 29.9 Å². The van der Waals surface area contributed by atoms with Gasteiger partial charge in [-0.15, -0.1) is 0 Å². The molecule has 1 N–H and O–H groups in total. The molecule has 0 saturated carbocycles. The molecular weight excluding hydrogens is 401 g/mol. The summed E-state index contributed by atoms with van der Waals surface area (Å²) in [7, 11) is 0. The number of nitrogens with zero attached hydrogens (tertiary/aromatic N) is 1.